The normalized spacial score (nSPS) is 20.4. The van der Waals surface area contributed by atoms with Crippen molar-refractivity contribution in [2.75, 3.05) is 6.54 Å². The van der Waals surface area contributed by atoms with Crippen LogP contribution >= 0.6 is 0 Å². The van der Waals surface area contributed by atoms with E-state index in [1.54, 1.807) is 6.07 Å². The first-order chi connectivity index (χ1) is 15.6. The lowest BCUT2D eigenvalue weighted by molar-refractivity contribution is -0.123. The van der Waals surface area contributed by atoms with Crippen LogP contribution in [0.5, 0.6) is 0 Å². The maximum atomic E-state index is 12.7. The van der Waals surface area contributed by atoms with E-state index in [9.17, 15) is 9.59 Å². The highest BCUT2D eigenvalue weighted by Crippen LogP contribution is 2.44. The van der Waals surface area contributed by atoms with Crippen LogP contribution in [0.15, 0.2) is 71.5 Å². The lowest BCUT2D eigenvalue weighted by Crippen LogP contribution is -2.34. The lowest BCUT2D eigenvalue weighted by Gasteiger charge is -2.37. The largest absolute Gasteiger partial charge is 0.369 e. The molecule has 1 aliphatic rings. The van der Waals surface area contributed by atoms with Gasteiger partial charge in [-0.1, -0.05) is 60.7 Å². The zero-order valence-electron chi connectivity index (χ0n) is 18.1. The number of aromatic nitrogens is 2. The molecule has 0 bridgehead atoms. The van der Waals surface area contributed by atoms with E-state index in [1.165, 1.54) is 0 Å². The van der Waals surface area contributed by atoms with Crippen molar-refractivity contribution in [1.29, 1.82) is 0 Å². The molecular weight excluding hydrogens is 400 g/mol. The van der Waals surface area contributed by atoms with Gasteiger partial charge in [0.15, 0.2) is 0 Å². The molecule has 32 heavy (non-hydrogen) atoms. The van der Waals surface area contributed by atoms with Crippen LogP contribution in [-0.2, 0) is 4.79 Å². The van der Waals surface area contributed by atoms with Gasteiger partial charge in [0.2, 0.25) is 5.91 Å². The molecule has 1 aromatic heterocycles. The van der Waals surface area contributed by atoms with Crippen LogP contribution in [0.1, 0.15) is 48.9 Å². The quantitative estimate of drug-likeness (QED) is 0.532. The standard InChI is InChI=1S/C26H30N4O2/c27-16-21(17-7-3-1-4-8-17)24(19-11-13-20(14-12-19)25(28)32)26-29-22(15-23(31)30-26)18-9-5-2-6-10-18/h1-10,15,19-21,24H,11-14,16,27H2,(H2,28,32)(H,29,30,31). The molecule has 2 unspecified atom stereocenters. The number of hydrogen-bond acceptors (Lipinski definition) is 4. The number of nitrogens with two attached hydrogens (primary N) is 2. The predicted octanol–water partition coefficient (Wildman–Crippen LogP) is 3.55. The lowest BCUT2D eigenvalue weighted by atomic mass is 9.69. The van der Waals surface area contributed by atoms with Gasteiger partial charge in [-0.15, -0.1) is 0 Å². The molecule has 6 nitrogen and oxygen atoms in total. The smallest absolute Gasteiger partial charge is 0.251 e. The summed E-state index contributed by atoms with van der Waals surface area (Å²) in [6.45, 7) is 0.434. The Hall–Kier alpha value is -3.25. The van der Waals surface area contributed by atoms with Crippen LogP contribution in [0.2, 0.25) is 0 Å². The molecule has 6 heteroatoms. The number of amides is 1. The summed E-state index contributed by atoms with van der Waals surface area (Å²) in [5, 5.41) is 0. The average Bonchev–Trinajstić information content (AvgIpc) is 2.83. The van der Waals surface area contributed by atoms with E-state index in [0.29, 0.717) is 18.1 Å². The van der Waals surface area contributed by atoms with E-state index in [-0.39, 0.29) is 35.1 Å². The fourth-order valence-electron chi connectivity index (χ4n) is 5.09. The minimum Gasteiger partial charge on any atom is -0.369 e. The molecule has 166 valence electrons. The number of aromatic amines is 1. The molecule has 5 N–H and O–H groups in total. The number of carbonyl (C=O) groups excluding carboxylic acids is 1. The Balaban J connectivity index is 1.77. The van der Waals surface area contributed by atoms with Gasteiger partial charge < -0.3 is 16.5 Å². The third-order valence-corrected chi connectivity index (χ3v) is 6.74. The molecule has 4 rings (SSSR count). The molecule has 2 atom stereocenters. The van der Waals surface area contributed by atoms with Crippen molar-refractivity contribution in [2.45, 2.75) is 37.5 Å². The van der Waals surface area contributed by atoms with Gasteiger partial charge in [-0.05, 0) is 43.7 Å². The second-order valence-corrected chi connectivity index (χ2v) is 8.67. The summed E-state index contributed by atoms with van der Waals surface area (Å²) in [5.41, 5.74) is 14.4. The number of H-pyrrole nitrogens is 1. The highest BCUT2D eigenvalue weighted by molar-refractivity contribution is 5.76. The van der Waals surface area contributed by atoms with Gasteiger partial charge in [0.25, 0.3) is 5.56 Å². The van der Waals surface area contributed by atoms with Crippen molar-refractivity contribution in [1.82, 2.24) is 9.97 Å². The minimum absolute atomic E-state index is 0.000464. The van der Waals surface area contributed by atoms with Crippen molar-refractivity contribution in [3.05, 3.63) is 88.5 Å². The zero-order chi connectivity index (χ0) is 22.5. The van der Waals surface area contributed by atoms with Gasteiger partial charge in [-0.2, -0.15) is 0 Å². The molecule has 1 heterocycles. The van der Waals surface area contributed by atoms with E-state index in [4.69, 9.17) is 16.5 Å². The maximum absolute atomic E-state index is 12.7. The molecule has 3 aromatic rings. The topological polar surface area (TPSA) is 115 Å². The molecular formula is C26H30N4O2. The van der Waals surface area contributed by atoms with Crippen molar-refractivity contribution in [3.8, 4) is 11.3 Å². The Morgan fingerprint density at radius 2 is 1.62 bits per heavy atom. The van der Waals surface area contributed by atoms with Gasteiger partial charge in [0.1, 0.15) is 5.82 Å². The van der Waals surface area contributed by atoms with Crippen LogP contribution in [0.25, 0.3) is 11.3 Å². The summed E-state index contributed by atoms with van der Waals surface area (Å²) in [4.78, 5) is 32.3. The first-order valence-corrected chi connectivity index (χ1v) is 11.3. The van der Waals surface area contributed by atoms with Gasteiger partial charge in [0, 0.05) is 29.4 Å². The number of nitrogens with zero attached hydrogens (tertiary/aromatic N) is 1. The summed E-state index contributed by atoms with van der Waals surface area (Å²) >= 11 is 0. The Labute approximate surface area is 188 Å². The Kier molecular flexibility index (Phi) is 6.81. The molecule has 0 radical (unpaired) electrons. The average molecular weight is 431 g/mol. The Morgan fingerprint density at radius 3 is 2.22 bits per heavy atom. The summed E-state index contributed by atoms with van der Waals surface area (Å²) in [7, 11) is 0. The minimum atomic E-state index is -0.226. The Bertz CT molecular complexity index is 1090. The SMILES string of the molecule is NCC(c1ccccc1)C(c1nc(-c2ccccc2)cc(=O)[nH]1)C1CCC(C(N)=O)CC1. The molecule has 2 aromatic carbocycles. The highest BCUT2D eigenvalue weighted by Gasteiger charge is 2.37. The predicted molar refractivity (Wildman–Crippen MR) is 126 cm³/mol. The molecule has 1 fully saturated rings. The number of rotatable bonds is 7. The number of hydrogen-bond donors (Lipinski definition) is 3. The molecule has 1 aliphatic carbocycles. The summed E-state index contributed by atoms with van der Waals surface area (Å²) in [6.07, 6.45) is 3.21. The molecule has 0 aliphatic heterocycles. The molecule has 1 amide bonds. The third-order valence-electron chi connectivity index (χ3n) is 6.74. The monoisotopic (exact) mass is 430 g/mol. The first-order valence-electron chi connectivity index (χ1n) is 11.3. The highest BCUT2D eigenvalue weighted by atomic mass is 16.1. The van der Waals surface area contributed by atoms with Gasteiger partial charge in [0.05, 0.1) is 5.69 Å². The molecule has 0 saturated heterocycles. The van der Waals surface area contributed by atoms with Crippen molar-refractivity contribution < 1.29 is 4.79 Å². The fraction of sp³-hybridized carbons (Fsp3) is 0.346. The van der Waals surface area contributed by atoms with Crippen LogP contribution in [0.4, 0.5) is 0 Å². The number of primary amides is 1. The number of nitrogens with one attached hydrogen (secondary N) is 1. The molecule has 1 saturated carbocycles. The van der Waals surface area contributed by atoms with Crippen LogP contribution in [-0.4, -0.2) is 22.4 Å². The van der Waals surface area contributed by atoms with Crippen LogP contribution < -0.4 is 17.0 Å². The van der Waals surface area contributed by atoms with Crippen LogP contribution in [0.3, 0.4) is 0 Å². The summed E-state index contributed by atoms with van der Waals surface area (Å²) in [6, 6.07) is 21.4. The van der Waals surface area contributed by atoms with Gasteiger partial charge in [-0.3, -0.25) is 9.59 Å². The van der Waals surface area contributed by atoms with E-state index in [2.05, 4.69) is 17.1 Å². The van der Waals surface area contributed by atoms with Crippen molar-refractivity contribution >= 4 is 5.91 Å². The van der Waals surface area contributed by atoms with Gasteiger partial charge in [-0.25, -0.2) is 4.98 Å². The first kappa shape index (κ1) is 22.0. The zero-order valence-corrected chi connectivity index (χ0v) is 18.1. The van der Waals surface area contributed by atoms with E-state index in [1.807, 2.05) is 48.5 Å². The Morgan fingerprint density at radius 1 is 1.00 bits per heavy atom. The van der Waals surface area contributed by atoms with E-state index < -0.39 is 0 Å². The third kappa shape index (κ3) is 4.81. The van der Waals surface area contributed by atoms with Crippen molar-refractivity contribution in [3.63, 3.8) is 0 Å². The molecule has 0 spiro atoms. The van der Waals surface area contributed by atoms with E-state index >= 15 is 0 Å². The number of benzene rings is 2. The number of carbonyl (C=O) groups is 1. The summed E-state index contributed by atoms with van der Waals surface area (Å²) < 4.78 is 0. The van der Waals surface area contributed by atoms with E-state index in [0.717, 1.165) is 36.8 Å². The van der Waals surface area contributed by atoms with Gasteiger partial charge >= 0.3 is 0 Å². The fourth-order valence-corrected chi connectivity index (χ4v) is 5.09. The summed E-state index contributed by atoms with van der Waals surface area (Å²) in [5.74, 6) is 0.540. The maximum Gasteiger partial charge on any atom is 0.251 e. The second kappa shape index (κ2) is 9.92. The van der Waals surface area contributed by atoms with Crippen LogP contribution in [0, 0.1) is 11.8 Å². The second-order valence-electron chi connectivity index (χ2n) is 8.67. The van der Waals surface area contributed by atoms with Crippen molar-refractivity contribution in [2.24, 2.45) is 23.3 Å².